The van der Waals surface area contributed by atoms with Crippen molar-refractivity contribution < 1.29 is 38.1 Å². The van der Waals surface area contributed by atoms with Crippen LogP contribution in [-0.4, -0.2) is 106 Å². The summed E-state index contributed by atoms with van der Waals surface area (Å²) in [4.78, 5) is 72.5. The number of amides is 4. The van der Waals surface area contributed by atoms with Gasteiger partial charge in [-0.3, -0.25) is 9.59 Å². The third-order valence-electron chi connectivity index (χ3n) is 11.9. The van der Waals surface area contributed by atoms with Crippen LogP contribution in [0.5, 0.6) is 0 Å². The van der Waals surface area contributed by atoms with E-state index in [1.165, 1.54) is 14.2 Å². The van der Waals surface area contributed by atoms with E-state index in [9.17, 15) is 19.2 Å². The number of fused-ring (bicyclic) bond motifs is 3. The number of benzene rings is 4. The van der Waals surface area contributed by atoms with Gasteiger partial charge in [-0.25, -0.2) is 19.6 Å². The zero-order valence-electron chi connectivity index (χ0n) is 36.8. The molecule has 4 amide bonds. The van der Waals surface area contributed by atoms with E-state index in [1.54, 1.807) is 34.2 Å². The topological polar surface area (TPSA) is 193 Å². The van der Waals surface area contributed by atoms with Crippen molar-refractivity contribution in [1.82, 2.24) is 40.4 Å². The molecule has 2 fully saturated rings. The highest BCUT2D eigenvalue weighted by atomic mass is 16.7. The molecule has 336 valence electrons. The van der Waals surface area contributed by atoms with E-state index < -0.39 is 36.1 Å². The summed E-state index contributed by atoms with van der Waals surface area (Å²) < 4.78 is 21.7. The smallest absolute Gasteiger partial charge is 0.407 e. The normalized spacial score (nSPS) is 16.5. The molecular weight excluding hydrogens is 829 g/mol. The summed E-state index contributed by atoms with van der Waals surface area (Å²) in [7, 11) is 2.52. The predicted octanol–water partition coefficient (Wildman–Crippen LogP) is 7.34. The Labute approximate surface area is 376 Å². The second-order valence-corrected chi connectivity index (χ2v) is 16.4. The number of rotatable bonds is 14. The molecule has 2 aliphatic heterocycles. The minimum atomic E-state index is -1.18. The lowest BCUT2D eigenvalue weighted by molar-refractivity contribution is -0.144. The number of aromatic amines is 2. The molecule has 16 nitrogen and oxygen atoms in total. The molecule has 1 spiro atoms. The fourth-order valence-electron chi connectivity index (χ4n) is 8.51. The number of carbonyl (C=O) groups excluding carboxylic acids is 4. The number of H-pyrrole nitrogens is 2. The van der Waals surface area contributed by atoms with Crippen LogP contribution in [0.15, 0.2) is 116 Å². The molecule has 6 aromatic rings. The average molecular weight is 881 g/mol. The van der Waals surface area contributed by atoms with Crippen molar-refractivity contribution >= 4 is 45.8 Å². The van der Waals surface area contributed by atoms with Crippen molar-refractivity contribution in [1.29, 1.82) is 0 Å². The van der Waals surface area contributed by atoms with E-state index in [-0.39, 0.29) is 30.8 Å². The number of hydrogen-bond donors (Lipinski definition) is 4. The van der Waals surface area contributed by atoms with Crippen LogP contribution < -0.4 is 10.6 Å². The summed E-state index contributed by atoms with van der Waals surface area (Å²) in [6.07, 6.45) is 2.61. The van der Waals surface area contributed by atoms with Crippen LogP contribution in [0.4, 0.5) is 9.59 Å². The van der Waals surface area contributed by atoms with Crippen LogP contribution >= 0.6 is 0 Å². The number of hydrogen-bond acceptors (Lipinski definition) is 10. The molecule has 2 aromatic heterocycles. The van der Waals surface area contributed by atoms with Crippen molar-refractivity contribution in [2.24, 2.45) is 5.92 Å². The van der Waals surface area contributed by atoms with E-state index in [4.69, 9.17) is 28.9 Å². The summed E-state index contributed by atoms with van der Waals surface area (Å²) in [6, 6.07) is 24.9. The van der Waals surface area contributed by atoms with Crippen molar-refractivity contribution in [2.45, 2.75) is 50.7 Å². The number of likely N-dealkylation sites (tertiary alicyclic amines) is 1. The number of nitrogens with zero attached hydrogens (tertiary/aromatic N) is 4. The second-order valence-electron chi connectivity index (χ2n) is 16.4. The molecule has 0 aliphatic carbocycles. The average Bonchev–Trinajstić information content (AvgIpc) is 4.15. The summed E-state index contributed by atoms with van der Waals surface area (Å²) >= 11 is 0. The predicted molar refractivity (Wildman–Crippen MR) is 244 cm³/mol. The van der Waals surface area contributed by atoms with Gasteiger partial charge in [0.2, 0.25) is 17.6 Å². The molecular formula is C49H52N8O8. The molecule has 0 saturated carbocycles. The highest BCUT2D eigenvalue weighted by molar-refractivity contribution is 6.05. The zero-order chi connectivity index (χ0) is 45.8. The lowest BCUT2D eigenvalue weighted by atomic mass is 9.99. The minimum absolute atomic E-state index is 0.0912. The lowest BCUT2D eigenvalue weighted by Crippen LogP contribution is -2.52. The summed E-state index contributed by atoms with van der Waals surface area (Å²) in [5, 5.41) is 7.35. The minimum Gasteiger partial charge on any atom is -0.453 e. The second kappa shape index (κ2) is 18.8. The zero-order valence-corrected chi connectivity index (χ0v) is 36.8. The molecule has 2 saturated heterocycles. The van der Waals surface area contributed by atoms with Gasteiger partial charge in [0, 0.05) is 17.5 Å². The Morgan fingerprint density at radius 3 is 2.31 bits per heavy atom. The fraction of sp³-hybridized carbons (Fsp3) is 0.306. The lowest BCUT2D eigenvalue weighted by Gasteiger charge is -2.29. The molecule has 0 radical (unpaired) electrons. The van der Waals surface area contributed by atoms with Crippen molar-refractivity contribution in [3.63, 3.8) is 0 Å². The van der Waals surface area contributed by atoms with E-state index >= 15 is 0 Å². The van der Waals surface area contributed by atoms with Crippen LogP contribution in [0.1, 0.15) is 49.6 Å². The SMILES string of the molecule is C=CCCN(Cc1nc2ccc3cc(-c4ccc(-c5cnc([C@@H]6C(=C)C7(CN6C(=O)[C@@H](NC(=O)OC)C(C)C)OCCO7)[nH]5)cc4)ccc3c2[nH]1)C(=O)[C@H](NC(=O)OC)c1ccccc1. The van der Waals surface area contributed by atoms with Gasteiger partial charge in [-0.05, 0) is 52.1 Å². The van der Waals surface area contributed by atoms with Gasteiger partial charge in [-0.1, -0.05) is 99.3 Å². The van der Waals surface area contributed by atoms with Gasteiger partial charge in [-0.2, -0.15) is 0 Å². The van der Waals surface area contributed by atoms with Gasteiger partial charge >= 0.3 is 12.2 Å². The Kier molecular flexibility index (Phi) is 12.8. The largest absolute Gasteiger partial charge is 0.453 e. The van der Waals surface area contributed by atoms with Crippen molar-refractivity contribution in [3.8, 4) is 22.4 Å². The molecule has 8 rings (SSSR count). The van der Waals surface area contributed by atoms with Crippen molar-refractivity contribution in [3.05, 3.63) is 133 Å². The number of carbonyl (C=O) groups is 4. The maximum absolute atomic E-state index is 14.1. The van der Waals surface area contributed by atoms with Gasteiger partial charge < -0.3 is 49.3 Å². The maximum atomic E-state index is 14.1. The first kappa shape index (κ1) is 44.3. The van der Waals surface area contributed by atoms with Gasteiger partial charge in [-0.15, -0.1) is 6.58 Å². The van der Waals surface area contributed by atoms with Crippen LogP contribution in [0.3, 0.4) is 0 Å². The Balaban J connectivity index is 1.01. The monoisotopic (exact) mass is 880 g/mol. The number of alkyl carbamates (subject to hydrolysis) is 2. The molecule has 3 atom stereocenters. The first-order valence-corrected chi connectivity index (χ1v) is 21.4. The van der Waals surface area contributed by atoms with Crippen LogP contribution in [0.2, 0.25) is 0 Å². The standard InChI is InChI=1S/C49H52N8O8/c1-7-8-22-56(45(58)41(55-48(61)63-6)33-12-10-9-11-13-33)27-39-51-37-21-19-35-25-34(18-20-36(35)42(37)53-39)31-14-16-32(17-15-31)38-26-50-44(52-38)43-30(4)49(64-23-24-65-49)28-57(43)46(59)40(29(2)3)54-47(60)62-5/h7,9-21,25-26,29,40-41,43H,1,4,8,22-24,27-28H2,2-3,5-6H3,(H,50,52)(H,51,53)(H,54,60)(H,55,61)/t40-,41+,43-/m0/s1. The highest BCUT2D eigenvalue weighted by Gasteiger charge is 2.55. The Morgan fingerprint density at radius 2 is 1.62 bits per heavy atom. The fourth-order valence-corrected chi connectivity index (χ4v) is 8.51. The van der Waals surface area contributed by atoms with Crippen LogP contribution in [-0.2, 0) is 35.1 Å². The van der Waals surface area contributed by atoms with Crippen LogP contribution in [0.25, 0.3) is 44.2 Å². The Bertz CT molecular complexity index is 2740. The molecule has 0 bridgehead atoms. The quantitative estimate of drug-likeness (QED) is 0.0805. The van der Waals surface area contributed by atoms with Crippen molar-refractivity contribution in [2.75, 3.05) is 40.5 Å². The number of imidazole rings is 2. The third-order valence-corrected chi connectivity index (χ3v) is 11.9. The molecule has 4 heterocycles. The van der Waals surface area contributed by atoms with E-state index in [0.29, 0.717) is 49.0 Å². The Hall–Kier alpha value is -7.30. The van der Waals surface area contributed by atoms with Gasteiger partial charge in [0.1, 0.15) is 29.8 Å². The Morgan fingerprint density at radius 1 is 0.923 bits per heavy atom. The summed E-state index contributed by atoms with van der Waals surface area (Å²) in [6.45, 7) is 13.2. The molecule has 65 heavy (non-hydrogen) atoms. The molecule has 0 unspecified atom stereocenters. The molecule has 16 heteroatoms. The van der Waals surface area contributed by atoms with Gasteiger partial charge in [0.15, 0.2) is 0 Å². The maximum Gasteiger partial charge on any atom is 0.407 e. The number of aromatic nitrogens is 4. The molecule has 2 aliphatic rings. The number of methoxy groups -OCH3 is 2. The number of ether oxygens (including phenoxy) is 4. The van der Waals surface area contributed by atoms with E-state index in [2.05, 4.69) is 52.0 Å². The number of nitrogens with one attached hydrogen (secondary N) is 4. The first-order chi connectivity index (χ1) is 31.4. The summed E-state index contributed by atoms with van der Waals surface area (Å²) in [5.41, 5.74) is 6.42. The van der Waals surface area contributed by atoms with Gasteiger partial charge in [0.25, 0.3) is 0 Å². The molecule has 4 aromatic carbocycles. The molecule has 4 N–H and O–H groups in total. The van der Waals surface area contributed by atoms with E-state index in [0.717, 1.165) is 44.2 Å². The summed E-state index contributed by atoms with van der Waals surface area (Å²) in [5.74, 6) is -0.965. The van der Waals surface area contributed by atoms with Crippen LogP contribution in [0, 0.1) is 5.92 Å². The van der Waals surface area contributed by atoms with Gasteiger partial charge in [0.05, 0.1) is 63.4 Å². The van der Waals surface area contributed by atoms with E-state index in [1.807, 2.05) is 68.4 Å². The highest BCUT2D eigenvalue weighted by Crippen LogP contribution is 2.46. The first-order valence-electron chi connectivity index (χ1n) is 21.4. The third kappa shape index (κ3) is 8.95.